The summed E-state index contributed by atoms with van der Waals surface area (Å²) in [6.07, 6.45) is 0.810. The standard InChI is InChI=1S/C15H19NO5/c17-13(10-21-12-4-2-1-3-5-12)16-11-15(14(18)19)6-8-20-9-7-15/h1-5H,6-11H2,(H,16,17)(H,18,19). The van der Waals surface area contributed by atoms with E-state index in [-0.39, 0.29) is 19.1 Å². The van der Waals surface area contributed by atoms with Crippen molar-refractivity contribution in [2.24, 2.45) is 5.41 Å². The topological polar surface area (TPSA) is 84.9 Å². The van der Waals surface area contributed by atoms with Gasteiger partial charge in [-0.15, -0.1) is 0 Å². The second kappa shape index (κ2) is 7.08. The third-order valence-corrected chi connectivity index (χ3v) is 3.64. The highest BCUT2D eigenvalue weighted by Gasteiger charge is 2.40. The van der Waals surface area contributed by atoms with Crippen LogP contribution in [0.2, 0.25) is 0 Å². The molecule has 0 atom stereocenters. The minimum Gasteiger partial charge on any atom is -0.484 e. The van der Waals surface area contributed by atoms with Gasteiger partial charge in [0.25, 0.3) is 5.91 Å². The molecule has 1 saturated heterocycles. The summed E-state index contributed by atoms with van der Waals surface area (Å²) in [7, 11) is 0. The smallest absolute Gasteiger partial charge is 0.311 e. The first-order chi connectivity index (χ1) is 10.1. The van der Waals surface area contributed by atoms with Crippen LogP contribution in [0.5, 0.6) is 5.75 Å². The first kappa shape index (κ1) is 15.3. The highest BCUT2D eigenvalue weighted by Crippen LogP contribution is 2.30. The molecular weight excluding hydrogens is 274 g/mol. The monoisotopic (exact) mass is 293 g/mol. The van der Waals surface area contributed by atoms with E-state index in [1.54, 1.807) is 12.1 Å². The van der Waals surface area contributed by atoms with Gasteiger partial charge in [0.2, 0.25) is 0 Å². The van der Waals surface area contributed by atoms with Gasteiger partial charge in [-0.3, -0.25) is 9.59 Å². The van der Waals surface area contributed by atoms with Gasteiger partial charge in [-0.05, 0) is 25.0 Å². The lowest BCUT2D eigenvalue weighted by Gasteiger charge is -2.33. The zero-order valence-electron chi connectivity index (χ0n) is 11.7. The first-order valence-electron chi connectivity index (χ1n) is 6.88. The van der Waals surface area contributed by atoms with Gasteiger partial charge in [0.05, 0.1) is 5.41 Å². The fourth-order valence-corrected chi connectivity index (χ4v) is 2.21. The van der Waals surface area contributed by atoms with Crippen molar-refractivity contribution >= 4 is 11.9 Å². The summed E-state index contributed by atoms with van der Waals surface area (Å²) in [4.78, 5) is 23.2. The molecule has 0 bridgehead atoms. The number of aliphatic carboxylic acids is 1. The van der Waals surface area contributed by atoms with E-state index in [0.717, 1.165) is 0 Å². The molecule has 6 nitrogen and oxygen atoms in total. The number of carbonyl (C=O) groups excluding carboxylic acids is 1. The minimum absolute atomic E-state index is 0.0999. The van der Waals surface area contributed by atoms with E-state index in [9.17, 15) is 14.7 Å². The lowest BCUT2D eigenvalue weighted by Crippen LogP contribution is -2.47. The van der Waals surface area contributed by atoms with Crippen molar-refractivity contribution < 1.29 is 24.2 Å². The zero-order valence-corrected chi connectivity index (χ0v) is 11.7. The fraction of sp³-hybridized carbons (Fsp3) is 0.467. The summed E-state index contributed by atoms with van der Waals surface area (Å²) in [6.45, 7) is 0.782. The van der Waals surface area contributed by atoms with Crippen LogP contribution in [0.3, 0.4) is 0 Å². The van der Waals surface area contributed by atoms with Crippen LogP contribution in [0.1, 0.15) is 12.8 Å². The molecule has 0 spiro atoms. The lowest BCUT2D eigenvalue weighted by atomic mass is 9.80. The van der Waals surface area contributed by atoms with Gasteiger partial charge in [0.15, 0.2) is 6.61 Å². The predicted octanol–water partition coefficient (Wildman–Crippen LogP) is 1.06. The normalized spacial score (nSPS) is 17.0. The molecule has 6 heteroatoms. The maximum Gasteiger partial charge on any atom is 0.311 e. The van der Waals surface area contributed by atoms with E-state index in [1.165, 1.54) is 0 Å². The molecule has 1 aliphatic rings. The molecule has 0 aromatic heterocycles. The SMILES string of the molecule is O=C(COc1ccccc1)NCC1(C(=O)O)CCOCC1. The van der Waals surface area contributed by atoms with E-state index in [0.29, 0.717) is 31.8 Å². The van der Waals surface area contributed by atoms with Gasteiger partial charge >= 0.3 is 5.97 Å². The Kier molecular flexibility index (Phi) is 5.16. The molecule has 2 rings (SSSR count). The number of hydrogen-bond acceptors (Lipinski definition) is 4. The number of carbonyl (C=O) groups is 2. The number of amides is 1. The van der Waals surface area contributed by atoms with Crippen LogP contribution >= 0.6 is 0 Å². The van der Waals surface area contributed by atoms with E-state index in [2.05, 4.69) is 5.32 Å². The van der Waals surface area contributed by atoms with Gasteiger partial charge in [0.1, 0.15) is 5.75 Å². The highest BCUT2D eigenvalue weighted by molar-refractivity contribution is 5.80. The first-order valence-corrected chi connectivity index (χ1v) is 6.88. The molecule has 1 amide bonds. The van der Waals surface area contributed by atoms with Crippen molar-refractivity contribution in [3.63, 3.8) is 0 Å². The van der Waals surface area contributed by atoms with Crippen molar-refractivity contribution in [2.45, 2.75) is 12.8 Å². The van der Waals surface area contributed by atoms with Crippen LogP contribution in [-0.4, -0.2) is 43.3 Å². The molecule has 21 heavy (non-hydrogen) atoms. The van der Waals surface area contributed by atoms with Gasteiger partial charge < -0.3 is 19.9 Å². The summed E-state index contributed by atoms with van der Waals surface area (Å²) in [5, 5.41) is 12.0. The highest BCUT2D eigenvalue weighted by atomic mass is 16.5. The van der Waals surface area contributed by atoms with Gasteiger partial charge in [-0.1, -0.05) is 18.2 Å². The van der Waals surface area contributed by atoms with E-state index in [4.69, 9.17) is 9.47 Å². The lowest BCUT2D eigenvalue weighted by molar-refractivity contribution is -0.154. The third kappa shape index (κ3) is 4.19. The van der Waals surface area contributed by atoms with E-state index < -0.39 is 11.4 Å². The number of carboxylic acid groups (broad SMARTS) is 1. The number of rotatable bonds is 6. The molecular formula is C15H19NO5. The summed E-state index contributed by atoms with van der Waals surface area (Å²) in [6, 6.07) is 8.99. The van der Waals surface area contributed by atoms with Crippen LogP contribution in [0.25, 0.3) is 0 Å². The molecule has 0 radical (unpaired) electrons. The van der Waals surface area contributed by atoms with Crippen molar-refractivity contribution in [3.8, 4) is 5.75 Å². The molecule has 0 aliphatic carbocycles. The van der Waals surface area contributed by atoms with Crippen molar-refractivity contribution in [3.05, 3.63) is 30.3 Å². The average Bonchev–Trinajstić information content (AvgIpc) is 2.52. The number of para-hydroxylation sites is 1. The number of ether oxygens (including phenoxy) is 2. The number of benzene rings is 1. The molecule has 1 aromatic rings. The Morgan fingerprint density at radius 1 is 1.24 bits per heavy atom. The van der Waals surface area contributed by atoms with Crippen LogP contribution in [0, 0.1) is 5.41 Å². The number of nitrogens with one attached hydrogen (secondary N) is 1. The Bertz CT molecular complexity index is 482. The summed E-state index contributed by atoms with van der Waals surface area (Å²) >= 11 is 0. The van der Waals surface area contributed by atoms with Crippen LogP contribution in [0.4, 0.5) is 0 Å². The summed E-state index contributed by atoms with van der Waals surface area (Å²) in [5.74, 6) is -0.618. The van der Waals surface area contributed by atoms with Crippen LogP contribution < -0.4 is 10.1 Å². The van der Waals surface area contributed by atoms with Crippen molar-refractivity contribution in [1.82, 2.24) is 5.32 Å². The fourth-order valence-electron chi connectivity index (χ4n) is 2.21. The second-order valence-corrected chi connectivity index (χ2v) is 5.08. The van der Waals surface area contributed by atoms with Gasteiger partial charge in [-0.2, -0.15) is 0 Å². The Morgan fingerprint density at radius 2 is 1.90 bits per heavy atom. The van der Waals surface area contributed by atoms with Gasteiger partial charge in [0, 0.05) is 19.8 Å². The maximum absolute atomic E-state index is 11.8. The molecule has 114 valence electrons. The minimum atomic E-state index is -0.930. The molecule has 0 saturated carbocycles. The summed E-state index contributed by atoms with van der Waals surface area (Å²) < 4.78 is 10.5. The Morgan fingerprint density at radius 3 is 2.52 bits per heavy atom. The van der Waals surface area contributed by atoms with Crippen LogP contribution in [-0.2, 0) is 14.3 Å². The molecule has 1 heterocycles. The predicted molar refractivity (Wildman–Crippen MR) is 75.1 cm³/mol. The van der Waals surface area contributed by atoms with Crippen molar-refractivity contribution in [1.29, 1.82) is 0 Å². The van der Waals surface area contributed by atoms with Crippen molar-refractivity contribution in [2.75, 3.05) is 26.4 Å². The Balaban J connectivity index is 1.80. The Hall–Kier alpha value is -2.08. The molecule has 1 aromatic carbocycles. The molecule has 2 N–H and O–H groups in total. The molecule has 0 unspecified atom stereocenters. The quantitative estimate of drug-likeness (QED) is 0.819. The molecule has 1 aliphatic heterocycles. The Labute approximate surface area is 123 Å². The van der Waals surface area contributed by atoms with E-state index >= 15 is 0 Å². The molecule has 1 fully saturated rings. The zero-order chi connectivity index (χ0) is 15.1. The maximum atomic E-state index is 11.8. The number of hydrogen-bond donors (Lipinski definition) is 2. The average molecular weight is 293 g/mol. The summed E-state index contributed by atoms with van der Waals surface area (Å²) in [5.41, 5.74) is -0.930. The van der Waals surface area contributed by atoms with Gasteiger partial charge in [-0.25, -0.2) is 0 Å². The second-order valence-electron chi connectivity index (χ2n) is 5.08. The third-order valence-electron chi connectivity index (χ3n) is 3.64. The van der Waals surface area contributed by atoms with E-state index in [1.807, 2.05) is 18.2 Å². The van der Waals surface area contributed by atoms with Crippen LogP contribution in [0.15, 0.2) is 30.3 Å². The largest absolute Gasteiger partial charge is 0.484 e. The number of carboxylic acids is 1.